The van der Waals surface area contributed by atoms with Crippen molar-refractivity contribution in [2.75, 3.05) is 11.4 Å². The van der Waals surface area contributed by atoms with E-state index < -0.39 is 6.04 Å². The van der Waals surface area contributed by atoms with Gasteiger partial charge < -0.3 is 10.6 Å². The zero-order chi connectivity index (χ0) is 11.5. The third-order valence-corrected chi connectivity index (χ3v) is 2.80. The molecule has 0 aliphatic carbocycles. The van der Waals surface area contributed by atoms with E-state index in [1.165, 1.54) is 0 Å². The second kappa shape index (κ2) is 4.33. The fraction of sp³-hybridized carbons (Fsp3) is 0.333. The van der Waals surface area contributed by atoms with Gasteiger partial charge in [0.25, 0.3) is 0 Å². The number of hydrogen-bond acceptors (Lipinski definition) is 3. The summed E-state index contributed by atoms with van der Waals surface area (Å²) in [4.78, 5) is 13.5. The summed E-state index contributed by atoms with van der Waals surface area (Å²) in [5, 5.41) is 8.98. The normalized spacial score (nSPS) is 20.6. The van der Waals surface area contributed by atoms with E-state index in [1.54, 1.807) is 23.1 Å². The first-order chi connectivity index (χ1) is 7.74. The van der Waals surface area contributed by atoms with Crippen LogP contribution < -0.4 is 10.6 Å². The molecule has 1 amide bonds. The van der Waals surface area contributed by atoms with Gasteiger partial charge in [-0.15, -0.1) is 0 Å². The van der Waals surface area contributed by atoms with Crippen LogP contribution in [0.4, 0.5) is 5.69 Å². The zero-order valence-electron chi connectivity index (χ0n) is 8.89. The van der Waals surface area contributed by atoms with E-state index in [0.29, 0.717) is 17.8 Å². The van der Waals surface area contributed by atoms with Crippen molar-refractivity contribution in [3.8, 4) is 6.07 Å². The first-order valence-electron chi connectivity index (χ1n) is 5.30. The monoisotopic (exact) mass is 215 g/mol. The maximum absolute atomic E-state index is 11.9. The molecule has 4 heteroatoms. The van der Waals surface area contributed by atoms with Gasteiger partial charge in [-0.1, -0.05) is 12.1 Å². The Labute approximate surface area is 94.3 Å². The smallest absolute Gasteiger partial charge is 0.243 e. The molecular formula is C12H13N3O. The van der Waals surface area contributed by atoms with Gasteiger partial charge >= 0.3 is 0 Å². The molecule has 1 aromatic rings. The molecule has 1 aromatic carbocycles. The average molecular weight is 215 g/mol. The Bertz CT molecular complexity index is 450. The van der Waals surface area contributed by atoms with Crippen molar-refractivity contribution in [1.82, 2.24) is 0 Å². The van der Waals surface area contributed by atoms with E-state index >= 15 is 0 Å². The van der Waals surface area contributed by atoms with Crippen LogP contribution in [0, 0.1) is 11.3 Å². The van der Waals surface area contributed by atoms with Gasteiger partial charge in [0.2, 0.25) is 5.91 Å². The molecule has 1 heterocycles. The van der Waals surface area contributed by atoms with Crippen LogP contribution in [-0.4, -0.2) is 18.5 Å². The highest BCUT2D eigenvalue weighted by molar-refractivity contribution is 5.98. The van der Waals surface area contributed by atoms with Crippen molar-refractivity contribution in [2.24, 2.45) is 5.73 Å². The second-order valence-electron chi connectivity index (χ2n) is 3.87. The number of para-hydroxylation sites is 1. The highest BCUT2D eigenvalue weighted by atomic mass is 16.2. The third kappa shape index (κ3) is 1.77. The highest BCUT2D eigenvalue weighted by Gasteiger charge is 2.27. The summed E-state index contributed by atoms with van der Waals surface area (Å²) in [7, 11) is 0. The van der Waals surface area contributed by atoms with E-state index in [9.17, 15) is 4.79 Å². The molecule has 4 nitrogen and oxygen atoms in total. The number of carbonyl (C=O) groups excluding carboxylic acids is 1. The Kier molecular flexibility index (Phi) is 2.88. The van der Waals surface area contributed by atoms with Crippen molar-refractivity contribution >= 4 is 11.6 Å². The molecular weight excluding hydrogens is 202 g/mol. The maximum Gasteiger partial charge on any atom is 0.243 e. The molecule has 2 rings (SSSR count). The number of piperidine rings is 1. The summed E-state index contributed by atoms with van der Waals surface area (Å²) in [5.74, 6) is -0.0889. The minimum absolute atomic E-state index is 0.0889. The molecule has 82 valence electrons. The Morgan fingerprint density at radius 1 is 1.44 bits per heavy atom. The third-order valence-electron chi connectivity index (χ3n) is 2.80. The summed E-state index contributed by atoms with van der Waals surface area (Å²) in [6, 6.07) is 8.77. The predicted molar refractivity (Wildman–Crippen MR) is 60.7 cm³/mol. The molecule has 1 unspecified atom stereocenters. The molecule has 1 fully saturated rings. The zero-order valence-corrected chi connectivity index (χ0v) is 8.89. The number of rotatable bonds is 1. The lowest BCUT2D eigenvalue weighted by Crippen LogP contribution is -2.48. The van der Waals surface area contributed by atoms with Gasteiger partial charge in [0.1, 0.15) is 6.07 Å². The van der Waals surface area contributed by atoms with Crippen molar-refractivity contribution in [3.63, 3.8) is 0 Å². The minimum atomic E-state index is -0.430. The van der Waals surface area contributed by atoms with E-state index in [0.717, 1.165) is 12.8 Å². The summed E-state index contributed by atoms with van der Waals surface area (Å²) in [6.07, 6.45) is 1.61. The summed E-state index contributed by atoms with van der Waals surface area (Å²) in [6.45, 7) is 0.644. The van der Waals surface area contributed by atoms with E-state index in [-0.39, 0.29) is 5.91 Å². The average Bonchev–Trinajstić information content (AvgIpc) is 2.33. The van der Waals surface area contributed by atoms with Crippen LogP contribution in [0.15, 0.2) is 24.3 Å². The van der Waals surface area contributed by atoms with Gasteiger partial charge in [-0.25, -0.2) is 0 Å². The van der Waals surface area contributed by atoms with Crippen molar-refractivity contribution in [1.29, 1.82) is 5.26 Å². The van der Waals surface area contributed by atoms with Gasteiger partial charge in [0.15, 0.2) is 0 Å². The maximum atomic E-state index is 11.9. The molecule has 2 N–H and O–H groups in total. The van der Waals surface area contributed by atoms with Crippen LogP contribution in [0.1, 0.15) is 18.4 Å². The number of nitrogens with two attached hydrogens (primary N) is 1. The summed E-state index contributed by atoms with van der Waals surface area (Å²) < 4.78 is 0. The number of benzene rings is 1. The first-order valence-corrected chi connectivity index (χ1v) is 5.30. The topological polar surface area (TPSA) is 70.1 Å². The molecule has 0 bridgehead atoms. The van der Waals surface area contributed by atoms with E-state index in [4.69, 9.17) is 11.0 Å². The Hall–Kier alpha value is -1.86. The first kappa shape index (κ1) is 10.7. The molecule has 1 atom stereocenters. The standard InChI is InChI=1S/C12H13N3O/c13-8-9-4-1-2-6-11(9)15-7-3-5-10(14)12(15)16/h1-2,4,6,10H,3,5,7,14H2. The quantitative estimate of drug-likeness (QED) is 0.760. The molecule has 0 saturated carbocycles. The van der Waals surface area contributed by atoms with Crippen LogP contribution in [-0.2, 0) is 4.79 Å². The molecule has 1 aliphatic heterocycles. The SMILES string of the molecule is N#Cc1ccccc1N1CCCC(N)C1=O. The number of nitrogens with zero attached hydrogens (tertiary/aromatic N) is 2. The highest BCUT2D eigenvalue weighted by Crippen LogP contribution is 2.23. The van der Waals surface area contributed by atoms with E-state index in [2.05, 4.69) is 6.07 Å². The Balaban J connectivity index is 2.37. The van der Waals surface area contributed by atoms with Gasteiger partial charge in [0.05, 0.1) is 17.3 Å². The number of anilines is 1. The van der Waals surface area contributed by atoms with Gasteiger partial charge in [-0.2, -0.15) is 5.26 Å². The molecule has 0 radical (unpaired) electrons. The van der Waals surface area contributed by atoms with Gasteiger partial charge in [-0.05, 0) is 25.0 Å². The van der Waals surface area contributed by atoms with Crippen molar-refractivity contribution in [3.05, 3.63) is 29.8 Å². The molecule has 16 heavy (non-hydrogen) atoms. The number of nitriles is 1. The fourth-order valence-electron chi connectivity index (χ4n) is 1.95. The molecule has 0 aromatic heterocycles. The lowest BCUT2D eigenvalue weighted by molar-refractivity contribution is -0.120. The van der Waals surface area contributed by atoms with Crippen LogP contribution >= 0.6 is 0 Å². The summed E-state index contributed by atoms with van der Waals surface area (Å²) in [5.41, 5.74) is 6.91. The Morgan fingerprint density at radius 2 is 2.19 bits per heavy atom. The van der Waals surface area contributed by atoms with Crippen LogP contribution in [0.2, 0.25) is 0 Å². The summed E-state index contributed by atoms with van der Waals surface area (Å²) >= 11 is 0. The molecule has 0 spiro atoms. The van der Waals surface area contributed by atoms with Crippen LogP contribution in [0.5, 0.6) is 0 Å². The number of carbonyl (C=O) groups is 1. The molecule has 1 aliphatic rings. The fourth-order valence-corrected chi connectivity index (χ4v) is 1.95. The lowest BCUT2D eigenvalue weighted by atomic mass is 10.0. The number of hydrogen-bond donors (Lipinski definition) is 1. The van der Waals surface area contributed by atoms with E-state index in [1.807, 2.05) is 6.07 Å². The number of amides is 1. The lowest BCUT2D eigenvalue weighted by Gasteiger charge is -2.30. The van der Waals surface area contributed by atoms with Crippen molar-refractivity contribution < 1.29 is 4.79 Å². The van der Waals surface area contributed by atoms with Crippen molar-refractivity contribution in [2.45, 2.75) is 18.9 Å². The minimum Gasteiger partial charge on any atom is -0.320 e. The second-order valence-corrected chi connectivity index (χ2v) is 3.87. The predicted octanol–water partition coefficient (Wildman–Crippen LogP) is 1.01. The van der Waals surface area contributed by atoms with Gasteiger partial charge in [0, 0.05) is 6.54 Å². The largest absolute Gasteiger partial charge is 0.320 e. The van der Waals surface area contributed by atoms with Crippen LogP contribution in [0.3, 0.4) is 0 Å². The Morgan fingerprint density at radius 3 is 2.94 bits per heavy atom. The van der Waals surface area contributed by atoms with Crippen LogP contribution in [0.25, 0.3) is 0 Å². The van der Waals surface area contributed by atoms with Gasteiger partial charge in [-0.3, -0.25) is 4.79 Å². The molecule has 1 saturated heterocycles.